The molecule has 1 fully saturated rings. The lowest BCUT2D eigenvalue weighted by Crippen LogP contribution is -2.41. The molecule has 1 heterocycles. The average molecular weight is 383 g/mol. The number of ether oxygens (including phenoxy) is 1. The largest absolute Gasteiger partial charge is 0.469 e. The fraction of sp³-hybridized carbons (Fsp3) is 0.588. The Morgan fingerprint density at radius 2 is 1.83 bits per heavy atom. The number of carbonyl (C=O) groups is 1. The van der Waals surface area contributed by atoms with Crippen molar-refractivity contribution < 1.29 is 18.8 Å². The van der Waals surface area contributed by atoms with Gasteiger partial charge in [0.05, 0.1) is 24.7 Å². The summed E-state index contributed by atoms with van der Waals surface area (Å²) in [5, 5.41) is 0. The van der Waals surface area contributed by atoms with Gasteiger partial charge in [-0.2, -0.15) is 0 Å². The lowest BCUT2D eigenvalue weighted by Gasteiger charge is -2.32. The van der Waals surface area contributed by atoms with Gasteiger partial charge in [0.2, 0.25) is 0 Å². The van der Waals surface area contributed by atoms with Crippen LogP contribution in [0.4, 0.5) is 0 Å². The van der Waals surface area contributed by atoms with Crippen LogP contribution in [0, 0.1) is 6.92 Å². The molecule has 0 radical (unpaired) electrons. The summed E-state index contributed by atoms with van der Waals surface area (Å²) in [6, 6.07) is 6.07. The van der Waals surface area contributed by atoms with Gasteiger partial charge in [0.1, 0.15) is 0 Å². The Hall–Kier alpha value is -0.845. The van der Waals surface area contributed by atoms with Gasteiger partial charge in [0, 0.05) is 10.3 Å². The van der Waals surface area contributed by atoms with Crippen LogP contribution < -0.4 is 0 Å². The van der Waals surface area contributed by atoms with Crippen LogP contribution in [0.1, 0.15) is 51.1 Å². The van der Waals surface area contributed by atoms with Crippen molar-refractivity contribution in [1.82, 2.24) is 0 Å². The Kier molecular flexibility index (Phi) is 5.29. The van der Waals surface area contributed by atoms with E-state index in [2.05, 4.69) is 22.0 Å². The summed E-state index contributed by atoms with van der Waals surface area (Å²) < 4.78 is 18.1. The van der Waals surface area contributed by atoms with E-state index in [-0.39, 0.29) is 18.2 Å². The number of benzene rings is 1. The van der Waals surface area contributed by atoms with Gasteiger partial charge in [-0.1, -0.05) is 33.6 Å². The van der Waals surface area contributed by atoms with Crippen molar-refractivity contribution in [2.24, 2.45) is 0 Å². The van der Waals surface area contributed by atoms with Gasteiger partial charge in [-0.05, 0) is 46.2 Å². The molecule has 0 bridgehead atoms. The number of rotatable bonds is 4. The molecule has 1 saturated heterocycles. The van der Waals surface area contributed by atoms with E-state index in [9.17, 15) is 4.79 Å². The molecule has 23 heavy (non-hydrogen) atoms. The Morgan fingerprint density at radius 1 is 1.26 bits per heavy atom. The maximum atomic E-state index is 11.9. The lowest BCUT2D eigenvalue weighted by atomic mass is 9.66. The summed E-state index contributed by atoms with van der Waals surface area (Å²) in [6.07, 6.45) is 0.204. The first-order chi connectivity index (χ1) is 10.6. The van der Waals surface area contributed by atoms with E-state index in [4.69, 9.17) is 14.0 Å². The van der Waals surface area contributed by atoms with Crippen LogP contribution in [0.25, 0.3) is 0 Å². The minimum Gasteiger partial charge on any atom is -0.469 e. The molecular weight excluding hydrogens is 359 g/mol. The van der Waals surface area contributed by atoms with E-state index in [1.165, 1.54) is 7.11 Å². The highest BCUT2D eigenvalue weighted by molar-refractivity contribution is 9.10. The highest BCUT2D eigenvalue weighted by Gasteiger charge is 2.54. The smallest absolute Gasteiger partial charge is 0.466 e. The molecule has 0 spiro atoms. The number of halogens is 1. The standard InChI is InChI=1S/C17H24BBrO4/c1-11-7-8-14(19)12(9-11)13(10-15(20)21-6)18-22-16(2,3)17(4,5)23-18/h7-9,13H,10H2,1-6H3. The van der Waals surface area contributed by atoms with E-state index >= 15 is 0 Å². The highest BCUT2D eigenvalue weighted by atomic mass is 79.9. The molecule has 4 nitrogen and oxygen atoms in total. The molecule has 0 aliphatic carbocycles. The van der Waals surface area contributed by atoms with Crippen molar-refractivity contribution in [3.05, 3.63) is 33.8 Å². The summed E-state index contributed by atoms with van der Waals surface area (Å²) in [4.78, 5) is 11.9. The number of hydrogen-bond donors (Lipinski definition) is 0. The summed E-state index contributed by atoms with van der Waals surface area (Å²) in [5.41, 5.74) is 1.23. The third kappa shape index (κ3) is 3.81. The van der Waals surface area contributed by atoms with Gasteiger partial charge in [-0.15, -0.1) is 0 Å². The first-order valence-corrected chi connectivity index (χ1v) is 8.55. The van der Waals surface area contributed by atoms with E-state index in [0.717, 1.165) is 15.6 Å². The maximum absolute atomic E-state index is 11.9. The predicted molar refractivity (Wildman–Crippen MR) is 94.3 cm³/mol. The fourth-order valence-corrected chi connectivity index (χ4v) is 3.16. The van der Waals surface area contributed by atoms with E-state index in [0.29, 0.717) is 0 Å². The van der Waals surface area contributed by atoms with Gasteiger partial charge in [-0.3, -0.25) is 4.79 Å². The quantitative estimate of drug-likeness (QED) is 0.582. The maximum Gasteiger partial charge on any atom is 0.466 e. The number of esters is 1. The molecule has 1 aliphatic rings. The highest BCUT2D eigenvalue weighted by Crippen LogP contribution is 2.43. The van der Waals surface area contributed by atoms with Crippen molar-refractivity contribution >= 4 is 29.0 Å². The summed E-state index contributed by atoms with van der Waals surface area (Å²) in [7, 11) is 0.895. The molecule has 1 atom stereocenters. The first kappa shape index (κ1) is 18.5. The van der Waals surface area contributed by atoms with Crippen LogP contribution in [0.15, 0.2) is 22.7 Å². The molecule has 0 N–H and O–H groups in total. The van der Waals surface area contributed by atoms with Crippen molar-refractivity contribution in [3.8, 4) is 0 Å². The molecular formula is C17H24BBrO4. The van der Waals surface area contributed by atoms with E-state index in [1.54, 1.807) is 0 Å². The van der Waals surface area contributed by atoms with Gasteiger partial charge < -0.3 is 14.0 Å². The fourth-order valence-electron chi connectivity index (χ4n) is 2.62. The zero-order valence-corrected chi connectivity index (χ0v) is 16.2. The minimum atomic E-state index is -0.503. The molecule has 1 aromatic rings. The summed E-state index contributed by atoms with van der Waals surface area (Å²) in [6.45, 7) is 10.1. The van der Waals surface area contributed by atoms with Crippen molar-refractivity contribution in [2.75, 3.05) is 7.11 Å². The third-order valence-corrected chi connectivity index (χ3v) is 5.49. The zero-order chi connectivity index (χ0) is 17.4. The van der Waals surface area contributed by atoms with Crippen LogP contribution in [0.5, 0.6) is 0 Å². The normalized spacial score (nSPS) is 20.4. The number of carbonyl (C=O) groups excluding carboxylic acids is 1. The van der Waals surface area contributed by atoms with Crippen LogP contribution in [-0.2, 0) is 18.8 Å². The Morgan fingerprint density at radius 3 is 2.35 bits per heavy atom. The Balaban J connectivity index is 2.40. The molecule has 0 saturated carbocycles. The number of aryl methyl sites for hydroxylation is 1. The zero-order valence-electron chi connectivity index (χ0n) is 14.6. The monoisotopic (exact) mass is 382 g/mol. The molecule has 1 unspecified atom stereocenters. The molecule has 2 rings (SSSR count). The van der Waals surface area contributed by atoms with Crippen LogP contribution >= 0.6 is 15.9 Å². The Bertz CT molecular complexity index is 584. The third-order valence-electron chi connectivity index (χ3n) is 4.77. The predicted octanol–water partition coefficient (Wildman–Crippen LogP) is 4.04. The second-order valence-corrected chi connectivity index (χ2v) is 7.89. The van der Waals surface area contributed by atoms with Crippen molar-refractivity contribution in [1.29, 1.82) is 0 Å². The van der Waals surface area contributed by atoms with Gasteiger partial charge in [0.25, 0.3) is 0 Å². The van der Waals surface area contributed by atoms with Crippen LogP contribution in [-0.4, -0.2) is 31.4 Å². The van der Waals surface area contributed by atoms with Gasteiger partial charge in [-0.25, -0.2) is 0 Å². The van der Waals surface area contributed by atoms with Crippen molar-refractivity contribution in [2.45, 2.75) is 58.1 Å². The SMILES string of the molecule is COC(=O)CC(B1OC(C)(C)C(C)(C)O1)c1cc(C)ccc1Br. The van der Waals surface area contributed by atoms with E-state index in [1.807, 2.05) is 46.8 Å². The molecule has 1 aliphatic heterocycles. The topological polar surface area (TPSA) is 44.8 Å². The first-order valence-electron chi connectivity index (χ1n) is 7.76. The van der Waals surface area contributed by atoms with Gasteiger partial charge in [0.15, 0.2) is 0 Å². The summed E-state index contributed by atoms with van der Waals surface area (Å²) in [5.74, 6) is -0.518. The molecule has 126 valence electrons. The molecule has 6 heteroatoms. The van der Waals surface area contributed by atoms with Gasteiger partial charge >= 0.3 is 13.1 Å². The Labute approximate surface area is 147 Å². The number of methoxy groups -OCH3 is 1. The van der Waals surface area contributed by atoms with Crippen molar-refractivity contribution in [3.63, 3.8) is 0 Å². The second kappa shape index (κ2) is 6.57. The van der Waals surface area contributed by atoms with Crippen LogP contribution in [0.2, 0.25) is 0 Å². The minimum absolute atomic E-state index is 0.204. The molecule has 0 aromatic heterocycles. The van der Waals surface area contributed by atoms with E-state index < -0.39 is 18.3 Å². The lowest BCUT2D eigenvalue weighted by molar-refractivity contribution is -0.140. The number of hydrogen-bond acceptors (Lipinski definition) is 4. The second-order valence-electron chi connectivity index (χ2n) is 7.04. The average Bonchev–Trinajstić information content (AvgIpc) is 2.67. The molecule has 0 amide bonds. The summed E-state index contributed by atoms with van der Waals surface area (Å²) >= 11 is 3.58. The van der Waals surface area contributed by atoms with Crippen LogP contribution in [0.3, 0.4) is 0 Å². The molecule has 1 aromatic carbocycles.